The Hall–Kier alpha value is -1.70. The Balaban J connectivity index is 2.20. The summed E-state index contributed by atoms with van der Waals surface area (Å²) in [4.78, 5) is 0.0621. The molecule has 2 rings (SSSR count). The standard InChI is InChI=1S/C11H12N2O4S/c14-8-9-3-1-2-4-11(9)18(15,16)13-7-10-5-6-12-17-10/h1-6,13-14H,7-8H2. The molecule has 1 heterocycles. The number of aliphatic hydroxyl groups is 1. The van der Waals surface area contributed by atoms with E-state index in [1.54, 1.807) is 24.3 Å². The van der Waals surface area contributed by atoms with Crippen molar-refractivity contribution in [1.29, 1.82) is 0 Å². The molecule has 1 aromatic carbocycles. The van der Waals surface area contributed by atoms with Crippen LogP contribution in [-0.2, 0) is 23.2 Å². The van der Waals surface area contributed by atoms with Gasteiger partial charge in [0.25, 0.3) is 0 Å². The van der Waals surface area contributed by atoms with Crippen LogP contribution >= 0.6 is 0 Å². The van der Waals surface area contributed by atoms with Crippen LogP contribution in [-0.4, -0.2) is 18.7 Å². The Labute approximate surface area is 104 Å². The molecular formula is C11H12N2O4S. The van der Waals surface area contributed by atoms with Crippen molar-refractivity contribution in [1.82, 2.24) is 9.88 Å². The summed E-state index contributed by atoms with van der Waals surface area (Å²) < 4.78 is 31.2. The molecule has 0 spiro atoms. The fraction of sp³-hybridized carbons (Fsp3) is 0.182. The van der Waals surface area contributed by atoms with Gasteiger partial charge < -0.3 is 9.63 Å². The van der Waals surface area contributed by atoms with Gasteiger partial charge in [-0.1, -0.05) is 23.4 Å². The molecule has 0 radical (unpaired) electrons. The Kier molecular flexibility index (Phi) is 3.75. The predicted octanol–water partition coefficient (Wildman–Crippen LogP) is 0.645. The quantitative estimate of drug-likeness (QED) is 0.830. The van der Waals surface area contributed by atoms with Gasteiger partial charge in [-0.05, 0) is 11.6 Å². The molecule has 0 bridgehead atoms. The first kappa shape index (κ1) is 12.7. The van der Waals surface area contributed by atoms with E-state index >= 15 is 0 Å². The van der Waals surface area contributed by atoms with Crippen LogP contribution in [0.4, 0.5) is 0 Å². The molecule has 2 aromatic rings. The summed E-state index contributed by atoms with van der Waals surface area (Å²) in [7, 11) is -3.68. The minimum Gasteiger partial charge on any atom is -0.392 e. The van der Waals surface area contributed by atoms with Crippen LogP contribution in [0.2, 0.25) is 0 Å². The third kappa shape index (κ3) is 2.76. The first-order valence-electron chi connectivity index (χ1n) is 5.21. The van der Waals surface area contributed by atoms with Gasteiger partial charge in [-0.25, -0.2) is 13.1 Å². The highest BCUT2D eigenvalue weighted by Crippen LogP contribution is 2.15. The smallest absolute Gasteiger partial charge is 0.241 e. The zero-order valence-electron chi connectivity index (χ0n) is 9.41. The predicted molar refractivity (Wildman–Crippen MR) is 62.9 cm³/mol. The second kappa shape index (κ2) is 5.30. The number of aliphatic hydroxyl groups excluding tert-OH is 1. The molecule has 96 valence electrons. The highest BCUT2D eigenvalue weighted by molar-refractivity contribution is 7.89. The molecule has 1 aromatic heterocycles. The molecule has 0 fully saturated rings. The molecule has 0 aliphatic rings. The summed E-state index contributed by atoms with van der Waals surface area (Å²) in [5.74, 6) is 0.417. The summed E-state index contributed by atoms with van der Waals surface area (Å²) in [6.45, 7) is -0.318. The lowest BCUT2D eigenvalue weighted by atomic mass is 10.2. The van der Waals surface area contributed by atoms with Crippen LogP contribution in [0.5, 0.6) is 0 Å². The Morgan fingerprint density at radius 2 is 2.06 bits per heavy atom. The van der Waals surface area contributed by atoms with Crippen molar-refractivity contribution in [2.75, 3.05) is 0 Å². The van der Waals surface area contributed by atoms with E-state index in [-0.39, 0.29) is 18.0 Å². The number of hydrogen-bond acceptors (Lipinski definition) is 5. The third-order valence-electron chi connectivity index (χ3n) is 2.36. The van der Waals surface area contributed by atoms with E-state index < -0.39 is 10.0 Å². The first-order chi connectivity index (χ1) is 8.63. The molecule has 2 N–H and O–H groups in total. The molecule has 0 amide bonds. The second-order valence-electron chi connectivity index (χ2n) is 3.57. The minimum atomic E-state index is -3.68. The maximum atomic E-state index is 12.0. The fourth-order valence-electron chi connectivity index (χ4n) is 1.47. The number of rotatable bonds is 5. The lowest BCUT2D eigenvalue weighted by Crippen LogP contribution is -2.24. The maximum absolute atomic E-state index is 12.0. The number of hydrogen-bond donors (Lipinski definition) is 2. The van der Waals surface area contributed by atoms with E-state index in [1.165, 1.54) is 12.3 Å². The molecule has 0 aliphatic heterocycles. The second-order valence-corrected chi connectivity index (χ2v) is 5.30. The number of nitrogens with one attached hydrogen (secondary N) is 1. The van der Waals surface area contributed by atoms with E-state index in [0.29, 0.717) is 11.3 Å². The monoisotopic (exact) mass is 268 g/mol. The molecular weight excluding hydrogens is 256 g/mol. The molecule has 7 heteroatoms. The lowest BCUT2D eigenvalue weighted by molar-refractivity contribution is 0.278. The van der Waals surface area contributed by atoms with Crippen LogP contribution < -0.4 is 4.72 Å². The topological polar surface area (TPSA) is 92.4 Å². The van der Waals surface area contributed by atoms with E-state index in [2.05, 4.69) is 9.88 Å². The van der Waals surface area contributed by atoms with Gasteiger partial charge >= 0.3 is 0 Å². The minimum absolute atomic E-state index is 0.0160. The van der Waals surface area contributed by atoms with Crippen molar-refractivity contribution in [2.24, 2.45) is 0 Å². The third-order valence-corrected chi connectivity index (χ3v) is 3.86. The van der Waals surface area contributed by atoms with Gasteiger partial charge in [0.05, 0.1) is 24.2 Å². The van der Waals surface area contributed by atoms with Crippen LogP contribution in [0.25, 0.3) is 0 Å². The van der Waals surface area contributed by atoms with E-state index in [0.717, 1.165) is 0 Å². The molecule has 18 heavy (non-hydrogen) atoms. The molecule has 0 saturated carbocycles. The summed E-state index contributed by atoms with van der Waals surface area (Å²) in [5.41, 5.74) is 0.350. The normalized spacial score (nSPS) is 11.6. The Bertz CT molecular complexity index is 608. The van der Waals surface area contributed by atoms with Crippen molar-refractivity contribution in [3.05, 3.63) is 47.9 Å². The van der Waals surface area contributed by atoms with Crippen LogP contribution in [0.1, 0.15) is 11.3 Å². The number of benzene rings is 1. The summed E-state index contributed by atoms with van der Waals surface area (Å²) in [6, 6.07) is 7.83. The van der Waals surface area contributed by atoms with E-state index in [4.69, 9.17) is 9.63 Å². The molecule has 6 nitrogen and oxygen atoms in total. The lowest BCUT2D eigenvalue weighted by Gasteiger charge is -2.08. The highest BCUT2D eigenvalue weighted by atomic mass is 32.2. The zero-order valence-corrected chi connectivity index (χ0v) is 10.2. The van der Waals surface area contributed by atoms with E-state index in [1.807, 2.05) is 0 Å². The van der Waals surface area contributed by atoms with Crippen LogP contribution in [0, 0.1) is 0 Å². The van der Waals surface area contributed by atoms with E-state index in [9.17, 15) is 8.42 Å². The summed E-state index contributed by atoms with van der Waals surface area (Å²) in [6.07, 6.45) is 1.44. The molecule has 0 saturated heterocycles. The van der Waals surface area contributed by atoms with Crippen LogP contribution in [0.15, 0.2) is 45.9 Å². The van der Waals surface area contributed by atoms with Gasteiger partial charge in [0.15, 0.2) is 5.76 Å². The zero-order chi connectivity index (χ0) is 13.0. The first-order valence-corrected chi connectivity index (χ1v) is 6.70. The van der Waals surface area contributed by atoms with Gasteiger partial charge in [-0.3, -0.25) is 0 Å². The average molecular weight is 268 g/mol. The number of sulfonamides is 1. The van der Waals surface area contributed by atoms with Crippen molar-refractivity contribution in [3.8, 4) is 0 Å². The number of nitrogens with zero attached hydrogens (tertiary/aromatic N) is 1. The van der Waals surface area contributed by atoms with Gasteiger partial charge in [0.2, 0.25) is 10.0 Å². The van der Waals surface area contributed by atoms with Crippen molar-refractivity contribution >= 4 is 10.0 Å². The van der Waals surface area contributed by atoms with Crippen LogP contribution in [0.3, 0.4) is 0 Å². The van der Waals surface area contributed by atoms with Gasteiger partial charge in [-0.2, -0.15) is 0 Å². The summed E-state index contributed by atoms with van der Waals surface area (Å²) >= 11 is 0. The van der Waals surface area contributed by atoms with Gasteiger partial charge in [0, 0.05) is 6.07 Å². The van der Waals surface area contributed by atoms with Crippen molar-refractivity contribution < 1.29 is 18.0 Å². The Morgan fingerprint density at radius 3 is 2.72 bits per heavy atom. The SMILES string of the molecule is O=S(=O)(NCc1ccno1)c1ccccc1CO. The molecule has 0 unspecified atom stereocenters. The van der Waals surface area contributed by atoms with Gasteiger partial charge in [-0.15, -0.1) is 0 Å². The van der Waals surface area contributed by atoms with Crippen molar-refractivity contribution in [3.63, 3.8) is 0 Å². The molecule has 0 aliphatic carbocycles. The van der Waals surface area contributed by atoms with Crippen molar-refractivity contribution in [2.45, 2.75) is 18.0 Å². The average Bonchev–Trinajstić information content (AvgIpc) is 2.89. The van der Waals surface area contributed by atoms with Gasteiger partial charge in [0.1, 0.15) is 0 Å². The number of aromatic nitrogens is 1. The fourth-order valence-corrected chi connectivity index (χ4v) is 2.70. The Morgan fingerprint density at radius 1 is 1.28 bits per heavy atom. The maximum Gasteiger partial charge on any atom is 0.241 e. The largest absolute Gasteiger partial charge is 0.392 e. The summed E-state index contributed by atoms with van der Waals surface area (Å²) in [5, 5.41) is 12.6. The molecule has 0 atom stereocenters. The highest BCUT2D eigenvalue weighted by Gasteiger charge is 2.17.